The molecule has 0 amide bonds. The summed E-state index contributed by atoms with van der Waals surface area (Å²) in [7, 11) is 0. The van der Waals surface area contributed by atoms with Crippen molar-refractivity contribution in [1.82, 2.24) is 0 Å². The van der Waals surface area contributed by atoms with Gasteiger partial charge < -0.3 is 9.47 Å². The van der Waals surface area contributed by atoms with Crippen molar-refractivity contribution in [1.29, 1.82) is 0 Å². The molecule has 0 bridgehead atoms. The van der Waals surface area contributed by atoms with Crippen LogP contribution in [0.15, 0.2) is 18.2 Å². The highest BCUT2D eigenvalue weighted by molar-refractivity contribution is 6.44. The summed E-state index contributed by atoms with van der Waals surface area (Å²) >= 11 is 16.5. The van der Waals surface area contributed by atoms with E-state index in [1.807, 2.05) is 0 Å². The maximum Gasteiger partial charge on any atom is 0.311 e. The van der Waals surface area contributed by atoms with Crippen LogP contribution in [0, 0.1) is 5.82 Å². The highest BCUT2D eigenvalue weighted by atomic mass is 35.5. The van der Waals surface area contributed by atoms with Gasteiger partial charge in [-0.3, -0.25) is 9.59 Å². The third-order valence-corrected chi connectivity index (χ3v) is 2.82. The highest BCUT2D eigenvalue weighted by Crippen LogP contribution is 2.27. The SMILES string of the molecule is O=C(CCCC(=O)Oc1c(F)cccc1Cl)OCC(Cl)Cl. The molecule has 0 saturated heterocycles. The van der Waals surface area contributed by atoms with Crippen LogP contribution in [0.1, 0.15) is 19.3 Å². The van der Waals surface area contributed by atoms with E-state index < -0.39 is 22.6 Å². The third-order valence-electron chi connectivity index (χ3n) is 2.27. The Labute approximate surface area is 136 Å². The molecule has 0 atom stereocenters. The number of rotatable bonds is 7. The van der Waals surface area contributed by atoms with Gasteiger partial charge in [-0.15, -0.1) is 23.2 Å². The molecule has 0 heterocycles. The molecule has 0 radical (unpaired) electrons. The number of carbonyl (C=O) groups excluding carboxylic acids is 2. The van der Waals surface area contributed by atoms with E-state index in [0.29, 0.717) is 0 Å². The monoisotopic (exact) mass is 356 g/mol. The zero-order chi connectivity index (χ0) is 15.8. The minimum absolute atomic E-state index is 0.000597. The molecule has 1 aromatic rings. The number of ether oxygens (including phenoxy) is 2. The van der Waals surface area contributed by atoms with E-state index in [1.165, 1.54) is 12.1 Å². The van der Waals surface area contributed by atoms with Gasteiger partial charge in [-0.05, 0) is 18.6 Å². The van der Waals surface area contributed by atoms with Crippen LogP contribution in [-0.2, 0) is 14.3 Å². The first-order valence-corrected chi connectivity index (χ1v) is 7.23. The molecule has 0 aliphatic carbocycles. The average molecular weight is 358 g/mol. The van der Waals surface area contributed by atoms with Gasteiger partial charge in [0.05, 0.1) is 5.02 Å². The van der Waals surface area contributed by atoms with Crippen molar-refractivity contribution in [2.75, 3.05) is 6.61 Å². The number of alkyl halides is 2. The Morgan fingerprint density at radius 1 is 1.19 bits per heavy atom. The second-order valence-electron chi connectivity index (χ2n) is 3.95. The Hall–Kier alpha value is -1.04. The fourth-order valence-electron chi connectivity index (χ4n) is 1.35. The molecule has 0 aromatic heterocycles. The van der Waals surface area contributed by atoms with E-state index in [1.54, 1.807) is 0 Å². The van der Waals surface area contributed by atoms with Crippen LogP contribution in [0.3, 0.4) is 0 Å². The molecule has 0 unspecified atom stereocenters. The summed E-state index contributed by atoms with van der Waals surface area (Å²) in [5.41, 5.74) is 0. The lowest BCUT2D eigenvalue weighted by Gasteiger charge is -2.07. The van der Waals surface area contributed by atoms with Crippen molar-refractivity contribution in [2.24, 2.45) is 0 Å². The number of hydrogen-bond donors (Lipinski definition) is 0. The molecule has 0 aliphatic heterocycles. The van der Waals surface area contributed by atoms with Crippen LogP contribution in [0.5, 0.6) is 5.75 Å². The molecule has 0 saturated carbocycles. The van der Waals surface area contributed by atoms with Gasteiger partial charge in [-0.25, -0.2) is 4.39 Å². The lowest BCUT2D eigenvalue weighted by atomic mass is 10.2. The van der Waals surface area contributed by atoms with Gasteiger partial charge in [-0.2, -0.15) is 0 Å². The topological polar surface area (TPSA) is 52.6 Å². The van der Waals surface area contributed by atoms with Crippen LogP contribution in [0.25, 0.3) is 0 Å². The first kappa shape index (κ1) is 18.0. The van der Waals surface area contributed by atoms with Crippen LogP contribution in [0.4, 0.5) is 4.39 Å². The van der Waals surface area contributed by atoms with E-state index in [4.69, 9.17) is 44.3 Å². The highest BCUT2D eigenvalue weighted by Gasteiger charge is 2.14. The van der Waals surface area contributed by atoms with Crippen LogP contribution in [-0.4, -0.2) is 23.4 Å². The van der Waals surface area contributed by atoms with E-state index in [0.717, 1.165) is 6.07 Å². The van der Waals surface area contributed by atoms with Crippen molar-refractivity contribution in [3.63, 3.8) is 0 Å². The molecule has 4 nitrogen and oxygen atoms in total. The molecule has 1 aromatic carbocycles. The van der Waals surface area contributed by atoms with Crippen molar-refractivity contribution >= 4 is 46.7 Å². The van der Waals surface area contributed by atoms with Gasteiger partial charge in [0.15, 0.2) is 11.6 Å². The minimum atomic E-state index is -0.790. The van der Waals surface area contributed by atoms with Crippen molar-refractivity contribution in [2.45, 2.75) is 24.1 Å². The first-order chi connectivity index (χ1) is 9.90. The first-order valence-electron chi connectivity index (χ1n) is 5.98. The molecule has 1 rings (SSSR count). The van der Waals surface area contributed by atoms with Gasteiger partial charge in [0.25, 0.3) is 0 Å². The molecular formula is C13H12Cl3FO4. The van der Waals surface area contributed by atoms with Crippen LogP contribution >= 0.6 is 34.8 Å². The summed E-state index contributed by atoms with van der Waals surface area (Å²) in [4.78, 5) is 22.0. The number of hydrogen-bond acceptors (Lipinski definition) is 4. The lowest BCUT2D eigenvalue weighted by Crippen LogP contribution is -2.13. The van der Waals surface area contributed by atoms with E-state index in [9.17, 15) is 14.0 Å². The molecular weight excluding hydrogens is 345 g/mol. The predicted molar refractivity (Wildman–Crippen MR) is 77.3 cm³/mol. The Kier molecular flexibility index (Phi) is 7.78. The average Bonchev–Trinajstić information content (AvgIpc) is 2.41. The molecule has 0 aliphatic rings. The van der Waals surface area contributed by atoms with E-state index >= 15 is 0 Å². The Morgan fingerprint density at radius 2 is 1.86 bits per heavy atom. The predicted octanol–water partition coefficient (Wildman–Crippen LogP) is 3.90. The van der Waals surface area contributed by atoms with E-state index in [2.05, 4.69) is 0 Å². The molecule has 8 heteroatoms. The molecule has 0 spiro atoms. The van der Waals surface area contributed by atoms with E-state index in [-0.39, 0.29) is 36.6 Å². The Morgan fingerprint density at radius 3 is 2.48 bits per heavy atom. The largest absolute Gasteiger partial charge is 0.463 e. The second kappa shape index (κ2) is 9.07. The van der Waals surface area contributed by atoms with Crippen molar-refractivity contribution in [3.8, 4) is 5.75 Å². The smallest absolute Gasteiger partial charge is 0.311 e. The molecule has 0 N–H and O–H groups in total. The van der Waals surface area contributed by atoms with Gasteiger partial charge in [0.1, 0.15) is 11.4 Å². The summed E-state index contributed by atoms with van der Waals surface area (Å²) < 4.78 is 22.9. The fraction of sp³-hybridized carbons (Fsp3) is 0.385. The van der Waals surface area contributed by atoms with Crippen LogP contribution < -0.4 is 4.74 Å². The maximum absolute atomic E-state index is 13.4. The summed E-state index contributed by atoms with van der Waals surface area (Å²) in [6.45, 7) is -0.114. The second-order valence-corrected chi connectivity index (χ2v) is 5.64. The van der Waals surface area contributed by atoms with Crippen molar-refractivity contribution in [3.05, 3.63) is 29.0 Å². The van der Waals surface area contributed by atoms with Crippen molar-refractivity contribution < 1.29 is 23.5 Å². The quantitative estimate of drug-likeness (QED) is 0.422. The zero-order valence-electron chi connectivity index (χ0n) is 10.8. The number of benzene rings is 1. The van der Waals surface area contributed by atoms with Gasteiger partial charge >= 0.3 is 11.9 Å². The Balaban J connectivity index is 2.33. The summed E-state index contributed by atoms with van der Waals surface area (Å²) in [6.07, 6.45) is 0.116. The molecule has 116 valence electrons. The maximum atomic E-state index is 13.4. The third kappa shape index (κ3) is 6.98. The van der Waals surface area contributed by atoms with Gasteiger partial charge in [-0.1, -0.05) is 17.7 Å². The number of para-hydroxylation sites is 1. The zero-order valence-corrected chi connectivity index (χ0v) is 13.1. The standard InChI is InChI=1S/C13H12Cl3FO4/c14-8-3-1-4-9(17)13(8)21-12(19)6-2-5-11(18)20-7-10(15)16/h1,3-4,10H,2,5-7H2. The summed E-state index contributed by atoms with van der Waals surface area (Å²) in [5.74, 6) is -2.27. The number of halogens is 4. The number of esters is 2. The minimum Gasteiger partial charge on any atom is -0.463 e. The lowest BCUT2D eigenvalue weighted by molar-refractivity contribution is -0.143. The summed E-state index contributed by atoms with van der Waals surface area (Å²) in [6, 6.07) is 3.92. The van der Waals surface area contributed by atoms with Crippen LogP contribution in [0.2, 0.25) is 5.02 Å². The molecule has 0 fully saturated rings. The van der Waals surface area contributed by atoms with Gasteiger partial charge in [0, 0.05) is 12.8 Å². The molecule has 21 heavy (non-hydrogen) atoms. The fourth-order valence-corrected chi connectivity index (χ4v) is 1.68. The number of carbonyl (C=O) groups is 2. The Bertz CT molecular complexity index is 488. The normalized spacial score (nSPS) is 10.5. The van der Waals surface area contributed by atoms with Gasteiger partial charge in [0.2, 0.25) is 0 Å². The summed E-state index contributed by atoms with van der Waals surface area (Å²) in [5, 5.41) is -0.00183.